The summed E-state index contributed by atoms with van der Waals surface area (Å²) in [5, 5.41) is 8.58. The summed E-state index contributed by atoms with van der Waals surface area (Å²) in [4.78, 5) is 29.9. The number of carbonyl (C=O) groups is 2. The van der Waals surface area contributed by atoms with E-state index in [9.17, 15) is 18.0 Å². The van der Waals surface area contributed by atoms with Crippen LogP contribution in [0.2, 0.25) is 0 Å². The van der Waals surface area contributed by atoms with Crippen molar-refractivity contribution in [1.29, 1.82) is 0 Å². The topological polar surface area (TPSA) is 109 Å². The van der Waals surface area contributed by atoms with E-state index in [1.807, 2.05) is 13.8 Å². The van der Waals surface area contributed by atoms with Crippen molar-refractivity contribution in [2.45, 2.75) is 45.6 Å². The molecule has 0 radical (unpaired) electrons. The number of hydrogen-bond acceptors (Lipinski definition) is 7. The first kappa shape index (κ1) is 18.0. The Bertz CT molecular complexity index is 844. The fourth-order valence-corrected chi connectivity index (χ4v) is 5.56. The fourth-order valence-electron chi connectivity index (χ4n) is 2.97. The molecule has 1 atom stereocenters. The summed E-state index contributed by atoms with van der Waals surface area (Å²) in [6.45, 7) is 3.95. The van der Waals surface area contributed by atoms with Crippen molar-refractivity contribution in [3.05, 3.63) is 10.6 Å². The van der Waals surface area contributed by atoms with Gasteiger partial charge >= 0.3 is 0 Å². The van der Waals surface area contributed by atoms with Gasteiger partial charge in [0.2, 0.25) is 5.91 Å². The van der Waals surface area contributed by atoms with Crippen molar-refractivity contribution in [1.82, 2.24) is 9.99 Å². The highest BCUT2D eigenvalue weighted by Gasteiger charge is 2.37. The van der Waals surface area contributed by atoms with Gasteiger partial charge in [-0.3, -0.25) is 14.9 Å². The fraction of sp³-hybridized carbons (Fsp3) is 0.600. The number of hydrogen-bond donors (Lipinski definition) is 1. The molecule has 2 aliphatic rings. The third kappa shape index (κ3) is 3.90. The first-order valence-electron chi connectivity index (χ1n) is 8.16. The van der Waals surface area contributed by atoms with E-state index in [0.29, 0.717) is 11.6 Å². The van der Waals surface area contributed by atoms with Crippen LogP contribution in [0, 0.1) is 6.92 Å². The van der Waals surface area contributed by atoms with Gasteiger partial charge in [0.25, 0.3) is 5.91 Å². The van der Waals surface area contributed by atoms with Gasteiger partial charge in [-0.25, -0.2) is 18.4 Å². The molecule has 1 aromatic heterocycles. The predicted octanol–water partition coefficient (Wildman–Crippen LogP) is 1.12. The van der Waals surface area contributed by atoms with Crippen molar-refractivity contribution in [3.63, 3.8) is 0 Å². The molecule has 25 heavy (non-hydrogen) atoms. The minimum absolute atomic E-state index is 0.0523. The van der Waals surface area contributed by atoms with Crippen LogP contribution in [0.4, 0.5) is 5.13 Å². The number of aromatic nitrogens is 1. The molecule has 136 valence electrons. The first-order chi connectivity index (χ1) is 11.8. The zero-order valence-corrected chi connectivity index (χ0v) is 15.7. The number of aryl methyl sites for hydroxylation is 2. The van der Waals surface area contributed by atoms with Gasteiger partial charge in [0.1, 0.15) is 5.71 Å². The average molecular weight is 384 g/mol. The monoisotopic (exact) mass is 384 g/mol. The molecule has 0 saturated carbocycles. The number of hydrazone groups is 1. The van der Waals surface area contributed by atoms with Crippen LogP contribution in [0.15, 0.2) is 5.10 Å². The van der Waals surface area contributed by atoms with Gasteiger partial charge in [-0.2, -0.15) is 5.10 Å². The molecule has 2 amide bonds. The lowest BCUT2D eigenvalue weighted by Gasteiger charge is -2.27. The van der Waals surface area contributed by atoms with E-state index >= 15 is 0 Å². The van der Waals surface area contributed by atoms with Gasteiger partial charge in [0.15, 0.2) is 15.0 Å². The van der Waals surface area contributed by atoms with E-state index < -0.39 is 21.8 Å². The molecule has 0 unspecified atom stereocenters. The Balaban J connectivity index is 1.75. The SMILES string of the molecule is CCc1nc(NC(=O)C2=NN([C@@H]3CCS(=O)(=O)C3)C(=O)CC2)sc1C. The molecular formula is C15H20N4O4S2. The maximum atomic E-state index is 12.4. The Morgan fingerprint density at radius 1 is 1.40 bits per heavy atom. The van der Waals surface area contributed by atoms with Gasteiger partial charge in [0.05, 0.1) is 23.2 Å². The summed E-state index contributed by atoms with van der Waals surface area (Å²) in [5.74, 6) is -0.675. The molecule has 1 saturated heterocycles. The van der Waals surface area contributed by atoms with Crippen LogP contribution < -0.4 is 5.32 Å². The first-order valence-corrected chi connectivity index (χ1v) is 10.8. The van der Waals surface area contributed by atoms with Crippen molar-refractivity contribution in [2.24, 2.45) is 5.10 Å². The zero-order chi connectivity index (χ0) is 18.2. The Labute approximate surface area is 150 Å². The summed E-state index contributed by atoms with van der Waals surface area (Å²) in [6.07, 6.45) is 1.54. The molecule has 1 N–H and O–H groups in total. The normalized spacial score (nSPS) is 22.8. The molecule has 0 aliphatic carbocycles. The van der Waals surface area contributed by atoms with E-state index in [1.165, 1.54) is 16.3 Å². The second kappa shape index (κ2) is 6.83. The van der Waals surface area contributed by atoms with Crippen LogP contribution in [0.1, 0.15) is 36.8 Å². The molecule has 0 aromatic carbocycles. The van der Waals surface area contributed by atoms with Gasteiger partial charge < -0.3 is 0 Å². The minimum atomic E-state index is -3.13. The number of sulfone groups is 1. The number of nitrogens with one attached hydrogen (secondary N) is 1. The van der Waals surface area contributed by atoms with Gasteiger partial charge in [-0.1, -0.05) is 6.92 Å². The summed E-state index contributed by atoms with van der Waals surface area (Å²) in [6, 6.07) is -0.477. The van der Waals surface area contributed by atoms with Crippen LogP contribution in [-0.4, -0.2) is 53.5 Å². The van der Waals surface area contributed by atoms with E-state index in [4.69, 9.17) is 0 Å². The molecule has 8 nitrogen and oxygen atoms in total. The van der Waals surface area contributed by atoms with Gasteiger partial charge in [-0.15, -0.1) is 11.3 Å². The summed E-state index contributed by atoms with van der Waals surface area (Å²) in [7, 11) is -3.13. The highest BCUT2D eigenvalue weighted by Crippen LogP contribution is 2.24. The smallest absolute Gasteiger partial charge is 0.273 e. The maximum absolute atomic E-state index is 12.4. The molecular weight excluding hydrogens is 364 g/mol. The second-order valence-corrected chi connectivity index (χ2v) is 9.60. The average Bonchev–Trinajstić information content (AvgIpc) is 3.09. The largest absolute Gasteiger partial charge is 0.297 e. The zero-order valence-electron chi connectivity index (χ0n) is 14.1. The third-order valence-corrected chi connectivity index (χ3v) is 7.00. The van der Waals surface area contributed by atoms with E-state index in [0.717, 1.165) is 17.0 Å². The Kier molecular flexibility index (Phi) is 4.92. The lowest BCUT2D eigenvalue weighted by Crippen LogP contribution is -2.42. The molecule has 10 heteroatoms. The molecule has 0 spiro atoms. The van der Waals surface area contributed by atoms with Crippen molar-refractivity contribution in [3.8, 4) is 0 Å². The summed E-state index contributed by atoms with van der Waals surface area (Å²) in [5.41, 5.74) is 1.17. The molecule has 2 aliphatic heterocycles. The summed E-state index contributed by atoms with van der Waals surface area (Å²) < 4.78 is 23.3. The maximum Gasteiger partial charge on any atom is 0.273 e. The highest BCUT2D eigenvalue weighted by molar-refractivity contribution is 7.91. The van der Waals surface area contributed by atoms with Crippen LogP contribution >= 0.6 is 11.3 Å². The van der Waals surface area contributed by atoms with Crippen LogP contribution in [0.3, 0.4) is 0 Å². The standard InChI is InChI=1S/C15H20N4O4S2/c1-3-11-9(2)24-15(16-11)17-14(21)12-4-5-13(20)19(18-12)10-6-7-25(22,23)8-10/h10H,3-8H2,1-2H3,(H,16,17,21)/t10-/m1/s1. The number of amides is 2. The highest BCUT2D eigenvalue weighted by atomic mass is 32.2. The second-order valence-electron chi connectivity index (χ2n) is 6.17. The third-order valence-electron chi connectivity index (χ3n) is 4.32. The predicted molar refractivity (Wildman–Crippen MR) is 95.4 cm³/mol. The van der Waals surface area contributed by atoms with Gasteiger partial charge in [0, 0.05) is 17.7 Å². The number of thiazole rings is 1. The molecule has 1 fully saturated rings. The lowest BCUT2D eigenvalue weighted by molar-refractivity contribution is -0.133. The quantitative estimate of drug-likeness (QED) is 0.837. The van der Waals surface area contributed by atoms with Crippen LogP contribution in [0.5, 0.6) is 0 Å². The van der Waals surface area contributed by atoms with E-state index in [1.54, 1.807) is 0 Å². The lowest BCUT2D eigenvalue weighted by atomic mass is 10.1. The molecule has 0 bridgehead atoms. The van der Waals surface area contributed by atoms with Crippen molar-refractivity contribution >= 4 is 43.8 Å². The molecule has 3 rings (SSSR count). The van der Waals surface area contributed by atoms with E-state index in [-0.39, 0.29) is 36.0 Å². The summed E-state index contributed by atoms with van der Waals surface area (Å²) >= 11 is 1.40. The molecule has 1 aromatic rings. The van der Waals surface area contributed by atoms with Crippen LogP contribution in [0.25, 0.3) is 0 Å². The van der Waals surface area contributed by atoms with Gasteiger partial charge in [-0.05, 0) is 19.8 Å². The Morgan fingerprint density at radius 2 is 2.16 bits per heavy atom. The van der Waals surface area contributed by atoms with E-state index in [2.05, 4.69) is 15.4 Å². The van der Waals surface area contributed by atoms with Crippen LogP contribution in [-0.2, 0) is 25.8 Å². The number of nitrogens with zero attached hydrogens (tertiary/aromatic N) is 3. The minimum Gasteiger partial charge on any atom is -0.297 e. The number of carbonyl (C=O) groups excluding carboxylic acids is 2. The Morgan fingerprint density at radius 3 is 2.76 bits per heavy atom. The Hall–Kier alpha value is -1.81. The van der Waals surface area contributed by atoms with Crippen molar-refractivity contribution < 1.29 is 18.0 Å². The van der Waals surface area contributed by atoms with Crippen molar-refractivity contribution in [2.75, 3.05) is 16.8 Å². The molecule has 3 heterocycles. The number of rotatable bonds is 4. The number of anilines is 1.